The Morgan fingerprint density at radius 1 is 0.474 bits per heavy atom. The molecular formula is C30H28O8. The first-order valence-electron chi connectivity index (χ1n) is 11.4. The number of phenolic OH excluding ortho intramolecular Hbond substituents is 1. The van der Waals surface area contributed by atoms with Crippen LogP contribution in [0.5, 0.6) is 34.5 Å². The number of rotatable bonds is 5. The minimum Gasteiger partial charge on any atom is -0.508 e. The van der Waals surface area contributed by atoms with Crippen LogP contribution in [0.25, 0.3) is 0 Å². The fourth-order valence-electron chi connectivity index (χ4n) is 2.71. The highest BCUT2D eigenvalue weighted by Crippen LogP contribution is 2.24. The molecule has 0 aliphatic heterocycles. The number of phenols is 1. The Morgan fingerprint density at radius 2 is 0.816 bits per heavy atom. The first kappa shape index (κ1) is 29.1. The molecule has 0 saturated carbocycles. The number of benzene rings is 4. The molecule has 0 amide bonds. The third kappa shape index (κ3) is 12.6. The van der Waals surface area contributed by atoms with E-state index in [-0.39, 0.29) is 11.7 Å². The predicted molar refractivity (Wildman–Crippen MR) is 141 cm³/mol. The van der Waals surface area contributed by atoms with E-state index >= 15 is 0 Å². The lowest BCUT2D eigenvalue weighted by Crippen LogP contribution is -2.03. The molecule has 0 unspecified atom stereocenters. The SMILES string of the molecule is CC(=O)OC(C)=O.CC(=O)Oc1ccc(Oc2ccccc2)cc1.Oc1ccc(Oc2ccccc2)cc1. The summed E-state index contributed by atoms with van der Waals surface area (Å²) in [5.41, 5.74) is 0. The van der Waals surface area contributed by atoms with Crippen molar-refractivity contribution in [2.24, 2.45) is 0 Å². The molecule has 1 N–H and O–H groups in total. The third-order valence-corrected chi connectivity index (χ3v) is 4.17. The number of aromatic hydroxyl groups is 1. The van der Waals surface area contributed by atoms with Gasteiger partial charge in [-0.2, -0.15) is 0 Å². The Morgan fingerprint density at radius 3 is 1.16 bits per heavy atom. The molecule has 4 aromatic rings. The van der Waals surface area contributed by atoms with Crippen molar-refractivity contribution in [2.45, 2.75) is 20.8 Å². The minimum absolute atomic E-state index is 0.241. The molecule has 8 nitrogen and oxygen atoms in total. The fraction of sp³-hybridized carbons (Fsp3) is 0.100. The maximum atomic E-state index is 10.7. The Kier molecular flexibility index (Phi) is 12.1. The van der Waals surface area contributed by atoms with Crippen LogP contribution in [0, 0.1) is 0 Å². The lowest BCUT2D eigenvalue weighted by atomic mass is 10.3. The van der Waals surface area contributed by atoms with Crippen LogP contribution in [-0.2, 0) is 19.1 Å². The van der Waals surface area contributed by atoms with Crippen molar-refractivity contribution in [3.05, 3.63) is 109 Å². The molecule has 0 atom stereocenters. The molecule has 0 aliphatic rings. The molecule has 8 heteroatoms. The Labute approximate surface area is 221 Å². The molecular weight excluding hydrogens is 488 g/mol. The van der Waals surface area contributed by atoms with Crippen molar-refractivity contribution >= 4 is 17.9 Å². The number of carbonyl (C=O) groups excluding carboxylic acids is 3. The van der Waals surface area contributed by atoms with Gasteiger partial charge in [-0.1, -0.05) is 36.4 Å². The molecule has 38 heavy (non-hydrogen) atoms. The first-order valence-corrected chi connectivity index (χ1v) is 11.4. The summed E-state index contributed by atoms with van der Waals surface area (Å²) in [5, 5.41) is 9.07. The molecule has 0 radical (unpaired) electrons. The van der Waals surface area contributed by atoms with Crippen LogP contribution in [0.15, 0.2) is 109 Å². The van der Waals surface area contributed by atoms with Gasteiger partial charge in [-0.25, -0.2) is 0 Å². The lowest BCUT2D eigenvalue weighted by Gasteiger charge is -2.06. The molecule has 4 aromatic carbocycles. The number of hydrogen-bond acceptors (Lipinski definition) is 8. The Hall–Kier alpha value is -5.11. The Bertz CT molecular complexity index is 1260. The van der Waals surface area contributed by atoms with Gasteiger partial charge in [0.05, 0.1) is 0 Å². The molecule has 4 rings (SSSR count). The summed E-state index contributed by atoms with van der Waals surface area (Å²) >= 11 is 0. The monoisotopic (exact) mass is 516 g/mol. The van der Waals surface area contributed by atoms with E-state index in [4.69, 9.17) is 19.3 Å². The van der Waals surface area contributed by atoms with Crippen LogP contribution >= 0.6 is 0 Å². The zero-order valence-electron chi connectivity index (χ0n) is 21.2. The maximum absolute atomic E-state index is 10.7. The summed E-state index contributed by atoms with van der Waals surface area (Å²) in [6.07, 6.45) is 0. The number of ether oxygens (including phenoxy) is 4. The molecule has 0 fully saturated rings. The van der Waals surface area contributed by atoms with Gasteiger partial charge in [0.2, 0.25) is 0 Å². The summed E-state index contributed by atoms with van der Waals surface area (Å²) < 4.78 is 20.0. The van der Waals surface area contributed by atoms with Crippen LogP contribution in [0.2, 0.25) is 0 Å². The standard InChI is InChI=1S/C14H12O3.C12H10O2.C4H6O3/c1-11(15)16-13-7-9-14(10-8-13)17-12-5-3-2-4-6-12;13-10-6-8-12(9-7-10)14-11-4-2-1-3-5-11;1-3(5)7-4(2)6/h2-10H,1H3;1-9,13H;1-2H3. The largest absolute Gasteiger partial charge is 0.508 e. The Balaban J connectivity index is 0.000000218. The summed E-state index contributed by atoms with van der Waals surface area (Å²) in [4.78, 5) is 30.4. The van der Waals surface area contributed by atoms with Crippen molar-refractivity contribution in [1.82, 2.24) is 0 Å². The molecule has 0 aromatic heterocycles. The molecule has 0 spiro atoms. The topological polar surface area (TPSA) is 108 Å². The van der Waals surface area contributed by atoms with Crippen LogP contribution in [0.3, 0.4) is 0 Å². The predicted octanol–water partition coefficient (Wildman–Crippen LogP) is 6.68. The second-order valence-corrected chi connectivity index (χ2v) is 7.47. The van der Waals surface area contributed by atoms with E-state index in [1.165, 1.54) is 20.8 Å². The van der Waals surface area contributed by atoms with E-state index in [1.807, 2.05) is 60.7 Å². The number of esters is 3. The van der Waals surface area contributed by atoms with Gasteiger partial charge in [-0.3, -0.25) is 14.4 Å². The van der Waals surface area contributed by atoms with Gasteiger partial charge in [0.15, 0.2) is 0 Å². The number of hydrogen-bond donors (Lipinski definition) is 1. The number of carbonyl (C=O) groups is 3. The first-order chi connectivity index (χ1) is 18.2. The van der Waals surface area contributed by atoms with Crippen molar-refractivity contribution in [1.29, 1.82) is 0 Å². The van der Waals surface area contributed by atoms with E-state index in [0.717, 1.165) is 11.5 Å². The van der Waals surface area contributed by atoms with Crippen LogP contribution in [0.4, 0.5) is 0 Å². The van der Waals surface area contributed by atoms with E-state index in [1.54, 1.807) is 48.5 Å². The van der Waals surface area contributed by atoms with Gasteiger partial charge in [0, 0.05) is 20.8 Å². The summed E-state index contributed by atoms with van der Waals surface area (Å²) in [5.74, 6) is 2.28. The van der Waals surface area contributed by atoms with Gasteiger partial charge in [0.25, 0.3) is 0 Å². The summed E-state index contributed by atoms with van der Waals surface area (Å²) in [6, 6.07) is 32.5. The molecule has 196 valence electrons. The van der Waals surface area contributed by atoms with E-state index in [9.17, 15) is 14.4 Å². The minimum atomic E-state index is -0.562. The number of para-hydroxylation sites is 2. The van der Waals surface area contributed by atoms with E-state index < -0.39 is 11.9 Å². The molecule has 0 saturated heterocycles. The van der Waals surface area contributed by atoms with Gasteiger partial charge in [0.1, 0.15) is 34.5 Å². The highest BCUT2D eigenvalue weighted by Gasteiger charge is 2.00. The summed E-state index contributed by atoms with van der Waals surface area (Å²) in [7, 11) is 0. The lowest BCUT2D eigenvalue weighted by molar-refractivity contribution is -0.156. The van der Waals surface area contributed by atoms with Gasteiger partial charge in [-0.05, 0) is 72.8 Å². The molecule has 0 aliphatic carbocycles. The third-order valence-electron chi connectivity index (χ3n) is 4.17. The quantitative estimate of drug-likeness (QED) is 0.178. The second kappa shape index (κ2) is 15.8. The summed E-state index contributed by atoms with van der Waals surface area (Å²) in [6.45, 7) is 3.73. The zero-order valence-corrected chi connectivity index (χ0v) is 21.2. The second-order valence-electron chi connectivity index (χ2n) is 7.47. The van der Waals surface area contributed by atoms with Gasteiger partial charge in [-0.15, -0.1) is 0 Å². The maximum Gasteiger partial charge on any atom is 0.310 e. The average molecular weight is 517 g/mol. The van der Waals surface area contributed by atoms with Crippen molar-refractivity contribution in [3.8, 4) is 34.5 Å². The zero-order chi connectivity index (χ0) is 27.8. The smallest absolute Gasteiger partial charge is 0.310 e. The van der Waals surface area contributed by atoms with Crippen LogP contribution < -0.4 is 14.2 Å². The normalized spacial score (nSPS) is 9.34. The fourth-order valence-corrected chi connectivity index (χ4v) is 2.71. The van der Waals surface area contributed by atoms with Crippen molar-refractivity contribution in [2.75, 3.05) is 0 Å². The van der Waals surface area contributed by atoms with Gasteiger partial charge >= 0.3 is 17.9 Å². The van der Waals surface area contributed by atoms with Gasteiger partial charge < -0.3 is 24.1 Å². The van der Waals surface area contributed by atoms with E-state index in [2.05, 4.69) is 4.74 Å². The molecule has 0 bridgehead atoms. The van der Waals surface area contributed by atoms with Crippen molar-refractivity contribution in [3.63, 3.8) is 0 Å². The molecule has 0 heterocycles. The average Bonchev–Trinajstić information content (AvgIpc) is 2.88. The highest BCUT2D eigenvalue weighted by molar-refractivity contribution is 5.82. The van der Waals surface area contributed by atoms with E-state index in [0.29, 0.717) is 17.2 Å². The van der Waals surface area contributed by atoms with Crippen LogP contribution in [0.1, 0.15) is 20.8 Å². The highest BCUT2D eigenvalue weighted by atomic mass is 16.6. The van der Waals surface area contributed by atoms with Crippen molar-refractivity contribution < 1.29 is 38.4 Å². The van der Waals surface area contributed by atoms with Crippen LogP contribution in [-0.4, -0.2) is 23.0 Å².